The van der Waals surface area contributed by atoms with Gasteiger partial charge < -0.3 is 9.84 Å². The molecule has 2 heteroatoms. The van der Waals surface area contributed by atoms with E-state index in [1.165, 1.54) is 5.56 Å². The fourth-order valence-electron chi connectivity index (χ4n) is 1.53. The monoisotopic (exact) mass is 208 g/mol. The molecule has 0 fully saturated rings. The first-order valence-electron chi connectivity index (χ1n) is 5.58. The first-order chi connectivity index (χ1) is 7.21. The zero-order chi connectivity index (χ0) is 11.3. The van der Waals surface area contributed by atoms with Crippen LogP contribution < -0.4 is 4.74 Å². The average Bonchev–Trinajstić information content (AvgIpc) is 2.28. The molecule has 0 bridgehead atoms. The van der Waals surface area contributed by atoms with Crippen molar-refractivity contribution in [3.8, 4) is 5.75 Å². The lowest BCUT2D eigenvalue weighted by atomic mass is 9.98. The van der Waals surface area contributed by atoms with Crippen LogP contribution in [0.15, 0.2) is 18.2 Å². The molecule has 0 saturated carbocycles. The third-order valence-corrected chi connectivity index (χ3v) is 2.55. The molecule has 1 atom stereocenters. The predicted molar refractivity (Wildman–Crippen MR) is 62.5 cm³/mol. The summed E-state index contributed by atoms with van der Waals surface area (Å²) < 4.78 is 5.50. The Labute approximate surface area is 91.9 Å². The molecule has 0 heterocycles. The van der Waals surface area contributed by atoms with Crippen LogP contribution in [0.25, 0.3) is 0 Å². The largest absolute Gasteiger partial charge is 0.494 e. The molecular weight excluding hydrogens is 188 g/mol. The first kappa shape index (κ1) is 12.1. The molecule has 2 nitrogen and oxygen atoms in total. The van der Waals surface area contributed by atoms with Crippen LogP contribution in [-0.4, -0.2) is 18.3 Å². The molecule has 0 spiro atoms. The second-order valence-corrected chi connectivity index (χ2v) is 3.78. The van der Waals surface area contributed by atoms with Crippen molar-refractivity contribution in [2.45, 2.75) is 33.1 Å². The number of rotatable bonds is 5. The van der Waals surface area contributed by atoms with E-state index in [-0.39, 0.29) is 12.5 Å². The smallest absolute Gasteiger partial charge is 0.119 e. The molecule has 0 amide bonds. The lowest BCUT2D eigenvalue weighted by Crippen LogP contribution is -2.01. The van der Waals surface area contributed by atoms with Gasteiger partial charge in [-0.05, 0) is 36.6 Å². The van der Waals surface area contributed by atoms with Gasteiger partial charge in [-0.15, -0.1) is 0 Å². The fourth-order valence-corrected chi connectivity index (χ4v) is 1.53. The van der Waals surface area contributed by atoms with E-state index < -0.39 is 0 Å². The van der Waals surface area contributed by atoms with Crippen molar-refractivity contribution in [1.29, 1.82) is 0 Å². The number of benzene rings is 1. The highest BCUT2D eigenvalue weighted by molar-refractivity contribution is 5.36. The van der Waals surface area contributed by atoms with Crippen molar-refractivity contribution in [1.82, 2.24) is 0 Å². The summed E-state index contributed by atoms with van der Waals surface area (Å²) in [5.41, 5.74) is 2.41. The van der Waals surface area contributed by atoms with E-state index in [1.807, 2.05) is 19.9 Å². The van der Waals surface area contributed by atoms with Gasteiger partial charge in [0, 0.05) is 12.5 Å². The number of ether oxygens (including phenoxy) is 1. The molecule has 0 aliphatic heterocycles. The molecule has 0 saturated heterocycles. The lowest BCUT2D eigenvalue weighted by molar-refractivity contribution is 0.272. The third-order valence-electron chi connectivity index (χ3n) is 2.55. The molecule has 0 radical (unpaired) electrons. The number of aryl methyl sites for hydroxylation is 1. The highest BCUT2D eigenvalue weighted by atomic mass is 16.5. The Morgan fingerprint density at radius 3 is 2.53 bits per heavy atom. The van der Waals surface area contributed by atoms with Gasteiger partial charge in [0.25, 0.3) is 0 Å². The highest BCUT2D eigenvalue weighted by Crippen LogP contribution is 2.23. The molecule has 0 aromatic heterocycles. The molecule has 0 aliphatic rings. The molecule has 1 rings (SSSR count). The second kappa shape index (κ2) is 5.76. The zero-order valence-corrected chi connectivity index (χ0v) is 9.79. The van der Waals surface area contributed by atoms with Crippen molar-refractivity contribution < 1.29 is 9.84 Å². The van der Waals surface area contributed by atoms with E-state index in [1.54, 1.807) is 0 Å². The SMILES string of the molecule is CCOc1cc(CC)cc(C(C)CO)c1. The molecule has 15 heavy (non-hydrogen) atoms. The van der Waals surface area contributed by atoms with E-state index >= 15 is 0 Å². The van der Waals surface area contributed by atoms with Crippen LogP contribution in [0.2, 0.25) is 0 Å². The third kappa shape index (κ3) is 3.24. The maximum Gasteiger partial charge on any atom is 0.119 e. The van der Waals surface area contributed by atoms with Gasteiger partial charge in [0.15, 0.2) is 0 Å². The Morgan fingerprint density at radius 2 is 2.00 bits per heavy atom. The summed E-state index contributed by atoms with van der Waals surface area (Å²) in [6.07, 6.45) is 0.992. The standard InChI is InChI=1S/C13H20O2/c1-4-11-6-12(10(3)9-14)8-13(7-11)15-5-2/h6-8,10,14H,4-5,9H2,1-3H3. The quantitative estimate of drug-likeness (QED) is 0.806. The van der Waals surface area contributed by atoms with Crippen LogP contribution in [0, 0.1) is 0 Å². The van der Waals surface area contributed by atoms with E-state index in [2.05, 4.69) is 19.1 Å². The summed E-state index contributed by atoms with van der Waals surface area (Å²) in [4.78, 5) is 0. The topological polar surface area (TPSA) is 29.5 Å². The van der Waals surface area contributed by atoms with E-state index in [9.17, 15) is 0 Å². The second-order valence-electron chi connectivity index (χ2n) is 3.78. The fraction of sp³-hybridized carbons (Fsp3) is 0.538. The van der Waals surface area contributed by atoms with Crippen molar-refractivity contribution in [2.24, 2.45) is 0 Å². The molecule has 0 aliphatic carbocycles. The minimum Gasteiger partial charge on any atom is -0.494 e. The van der Waals surface area contributed by atoms with Crippen molar-refractivity contribution in [3.05, 3.63) is 29.3 Å². The molecule has 1 aromatic carbocycles. The maximum atomic E-state index is 9.13. The van der Waals surface area contributed by atoms with Crippen LogP contribution in [0.5, 0.6) is 5.75 Å². The van der Waals surface area contributed by atoms with Gasteiger partial charge in [-0.25, -0.2) is 0 Å². The van der Waals surface area contributed by atoms with Gasteiger partial charge in [0.05, 0.1) is 6.61 Å². The summed E-state index contributed by atoms with van der Waals surface area (Å²) in [6, 6.07) is 6.23. The first-order valence-corrected chi connectivity index (χ1v) is 5.58. The molecule has 1 N–H and O–H groups in total. The highest BCUT2D eigenvalue weighted by Gasteiger charge is 2.07. The van der Waals surface area contributed by atoms with Gasteiger partial charge in [-0.3, -0.25) is 0 Å². The number of aliphatic hydroxyl groups is 1. The number of hydrogen-bond donors (Lipinski definition) is 1. The minimum absolute atomic E-state index is 0.177. The Bertz CT molecular complexity index is 307. The summed E-state index contributed by atoms with van der Waals surface area (Å²) in [5, 5.41) is 9.13. The van der Waals surface area contributed by atoms with Crippen molar-refractivity contribution in [3.63, 3.8) is 0 Å². The van der Waals surface area contributed by atoms with E-state index in [0.717, 1.165) is 17.7 Å². The Hall–Kier alpha value is -1.02. The van der Waals surface area contributed by atoms with Gasteiger partial charge in [-0.1, -0.05) is 19.9 Å². The van der Waals surface area contributed by atoms with E-state index in [4.69, 9.17) is 9.84 Å². The van der Waals surface area contributed by atoms with Crippen LogP contribution >= 0.6 is 0 Å². The number of aliphatic hydroxyl groups excluding tert-OH is 1. The van der Waals surface area contributed by atoms with Gasteiger partial charge in [0.1, 0.15) is 5.75 Å². The Balaban J connectivity index is 2.99. The van der Waals surface area contributed by atoms with Crippen LogP contribution in [0.3, 0.4) is 0 Å². The van der Waals surface area contributed by atoms with Crippen molar-refractivity contribution >= 4 is 0 Å². The summed E-state index contributed by atoms with van der Waals surface area (Å²) in [6.45, 7) is 6.98. The van der Waals surface area contributed by atoms with E-state index in [0.29, 0.717) is 6.61 Å². The Kier molecular flexibility index (Phi) is 4.63. The molecule has 1 aromatic rings. The molecule has 1 unspecified atom stereocenters. The van der Waals surface area contributed by atoms with Crippen LogP contribution in [0.4, 0.5) is 0 Å². The van der Waals surface area contributed by atoms with Gasteiger partial charge >= 0.3 is 0 Å². The molecular formula is C13H20O2. The predicted octanol–water partition coefficient (Wildman–Crippen LogP) is 2.74. The summed E-state index contributed by atoms with van der Waals surface area (Å²) in [5.74, 6) is 1.09. The van der Waals surface area contributed by atoms with Crippen LogP contribution in [-0.2, 0) is 6.42 Å². The normalized spacial score (nSPS) is 12.5. The Morgan fingerprint density at radius 1 is 1.27 bits per heavy atom. The average molecular weight is 208 g/mol. The van der Waals surface area contributed by atoms with Crippen LogP contribution in [0.1, 0.15) is 37.8 Å². The summed E-state index contributed by atoms with van der Waals surface area (Å²) >= 11 is 0. The summed E-state index contributed by atoms with van der Waals surface area (Å²) in [7, 11) is 0. The maximum absolute atomic E-state index is 9.13. The lowest BCUT2D eigenvalue weighted by Gasteiger charge is -2.13. The van der Waals surface area contributed by atoms with Crippen molar-refractivity contribution in [2.75, 3.05) is 13.2 Å². The minimum atomic E-state index is 0.177. The molecule has 84 valence electrons. The van der Waals surface area contributed by atoms with Gasteiger partial charge in [0.2, 0.25) is 0 Å². The van der Waals surface area contributed by atoms with Gasteiger partial charge in [-0.2, -0.15) is 0 Å². The number of hydrogen-bond acceptors (Lipinski definition) is 2. The zero-order valence-electron chi connectivity index (χ0n) is 9.79.